The first-order valence-electron chi connectivity index (χ1n) is 6.58. The number of rotatable bonds is 4. The first-order valence-corrected chi connectivity index (χ1v) is 8.19. The summed E-state index contributed by atoms with van der Waals surface area (Å²) in [4.78, 5) is 8.90. The molecule has 21 heavy (non-hydrogen) atoms. The summed E-state index contributed by atoms with van der Waals surface area (Å²) >= 11 is 5.04. The van der Waals surface area contributed by atoms with E-state index in [9.17, 15) is 0 Å². The summed E-state index contributed by atoms with van der Waals surface area (Å²) in [7, 11) is 0. The molecule has 0 atom stereocenters. The molecule has 0 radical (unpaired) electrons. The van der Waals surface area contributed by atoms with Gasteiger partial charge in [-0.25, -0.2) is 9.97 Å². The van der Waals surface area contributed by atoms with Crippen molar-refractivity contribution in [1.29, 1.82) is 0 Å². The minimum Gasteiger partial charge on any atom is -0.494 e. The van der Waals surface area contributed by atoms with Crippen molar-refractivity contribution in [3.05, 3.63) is 40.5 Å². The molecule has 0 unspecified atom stereocenters. The fourth-order valence-electron chi connectivity index (χ4n) is 1.93. The van der Waals surface area contributed by atoms with Crippen LogP contribution in [-0.2, 0) is 0 Å². The van der Waals surface area contributed by atoms with Crippen LogP contribution in [0.5, 0.6) is 5.75 Å². The van der Waals surface area contributed by atoms with Crippen LogP contribution in [0.2, 0.25) is 0 Å². The van der Waals surface area contributed by atoms with Gasteiger partial charge in [-0.2, -0.15) is 0 Å². The van der Waals surface area contributed by atoms with E-state index in [0.717, 1.165) is 37.0 Å². The number of halogens is 1. The molecule has 0 saturated carbocycles. The number of aromatic nitrogens is 2. The number of nitrogens with one attached hydrogen (secondary N) is 1. The van der Waals surface area contributed by atoms with Gasteiger partial charge in [0, 0.05) is 10.7 Å². The highest BCUT2D eigenvalue weighted by atomic mass is 79.9. The normalized spacial score (nSPS) is 10.8. The number of nitrogens with zero attached hydrogens (tertiary/aromatic N) is 2. The van der Waals surface area contributed by atoms with E-state index in [2.05, 4.69) is 31.2 Å². The third kappa shape index (κ3) is 3.16. The zero-order valence-corrected chi connectivity index (χ0v) is 14.1. The highest BCUT2D eigenvalue weighted by Gasteiger charge is 2.07. The Kier molecular flexibility index (Phi) is 4.07. The van der Waals surface area contributed by atoms with Crippen LogP contribution < -0.4 is 10.1 Å². The molecule has 1 N–H and O–H groups in total. The number of hydrogen-bond acceptors (Lipinski definition) is 5. The molecule has 3 aromatic rings. The molecular weight excluding hydrogens is 350 g/mol. The van der Waals surface area contributed by atoms with Crippen LogP contribution in [0.25, 0.3) is 10.2 Å². The molecule has 0 spiro atoms. The van der Waals surface area contributed by atoms with Crippen LogP contribution in [-0.4, -0.2) is 16.6 Å². The van der Waals surface area contributed by atoms with Gasteiger partial charge in [0.25, 0.3) is 0 Å². The van der Waals surface area contributed by atoms with Gasteiger partial charge in [0.1, 0.15) is 11.6 Å². The van der Waals surface area contributed by atoms with Crippen molar-refractivity contribution in [2.75, 3.05) is 11.9 Å². The van der Waals surface area contributed by atoms with Gasteiger partial charge in [0.05, 0.1) is 16.8 Å². The Labute approximate surface area is 135 Å². The Morgan fingerprint density at radius 2 is 2.19 bits per heavy atom. The molecule has 0 amide bonds. The Morgan fingerprint density at radius 1 is 1.33 bits per heavy atom. The predicted octanol–water partition coefficient (Wildman–Crippen LogP) is 4.90. The number of hydrogen-bond donors (Lipinski definition) is 1. The van der Waals surface area contributed by atoms with E-state index < -0.39 is 0 Å². The van der Waals surface area contributed by atoms with Gasteiger partial charge < -0.3 is 10.1 Å². The predicted molar refractivity (Wildman–Crippen MR) is 90.7 cm³/mol. The molecule has 0 aliphatic rings. The smallest absolute Gasteiger partial charge is 0.189 e. The summed E-state index contributed by atoms with van der Waals surface area (Å²) in [5, 5.41) is 4.07. The minimum atomic E-state index is 0.664. The van der Waals surface area contributed by atoms with Gasteiger partial charge in [-0.15, -0.1) is 0 Å². The quantitative estimate of drug-likeness (QED) is 0.715. The molecule has 4 nitrogen and oxygen atoms in total. The average molecular weight is 364 g/mol. The number of aryl methyl sites for hydroxylation is 1. The van der Waals surface area contributed by atoms with E-state index >= 15 is 0 Å². The van der Waals surface area contributed by atoms with Crippen molar-refractivity contribution in [2.24, 2.45) is 0 Å². The van der Waals surface area contributed by atoms with Gasteiger partial charge in [-0.05, 0) is 59.6 Å². The lowest BCUT2D eigenvalue weighted by molar-refractivity contribution is 0.341. The number of pyridine rings is 1. The zero-order valence-electron chi connectivity index (χ0n) is 11.7. The molecule has 2 heterocycles. The molecule has 0 aliphatic heterocycles. The number of anilines is 2. The summed E-state index contributed by atoms with van der Waals surface area (Å²) < 4.78 is 7.60. The van der Waals surface area contributed by atoms with Gasteiger partial charge in [0.15, 0.2) is 5.13 Å². The van der Waals surface area contributed by atoms with Crippen molar-refractivity contribution in [2.45, 2.75) is 13.8 Å². The second-order valence-corrected chi connectivity index (χ2v) is 6.41. The van der Waals surface area contributed by atoms with Crippen LogP contribution in [0.1, 0.15) is 12.5 Å². The summed E-state index contributed by atoms with van der Waals surface area (Å²) in [5.41, 5.74) is 2.09. The van der Waals surface area contributed by atoms with Gasteiger partial charge >= 0.3 is 0 Å². The van der Waals surface area contributed by atoms with E-state index in [1.807, 2.05) is 38.1 Å². The molecule has 2 aromatic heterocycles. The van der Waals surface area contributed by atoms with Crippen molar-refractivity contribution in [3.63, 3.8) is 0 Å². The topological polar surface area (TPSA) is 47.0 Å². The maximum Gasteiger partial charge on any atom is 0.189 e. The van der Waals surface area contributed by atoms with E-state index in [1.54, 1.807) is 17.5 Å². The third-order valence-corrected chi connectivity index (χ3v) is 4.72. The lowest BCUT2D eigenvalue weighted by Crippen LogP contribution is -1.93. The van der Waals surface area contributed by atoms with E-state index in [4.69, 9.17) is 4.74 Å². The number of benzene rings is 1. The number of ether oxygens (including phenoxy) is 1. The average Bonchev–Trinajstić information content (AvgIpc) is 2.85. The first kappa shape index (κ1) is 14.3. The molecular formula is C15H14BrN3OS. The molecule has 0 aliphatic carbocycles. The molecule has 0 fully saturated rings. The summed E-state index contributed by atoms with van der Waals surface area (Å²) in [6.07, 6.45) is 1.79. The van der Waals surface area contributed by atoms with Crippen molar-refractivity contribution in [1.82, 2.24) is 9.97 Å². The van der Waals surface area contributed by atoms with Crippen LogP contribution in [0.3, 0.4) is 0 Å². The lowest BCUT2D eigenvalue weighted by Gasteiger charge is -2.03. The van der Waals surface area contributed by atoms with E-state index in [-0.39, 0.29) is 0 Å². The van der Waals surface area contributed by atoms with E-state index in [1.165, 1.54) is 0 Å². The van der Waals surface area contributed by atoms with Crippen molar-refractivity contribution >= 4 is 48.4 Å². The van der Waals surface area contributed by atoms with E-state index in [0.29, 0.717) is 6.61 Å². The molecule has 108 valence electrons. The van der Waals surface area contributed by atoms with Crippen LogP contribution in [0.4, 0.5) is 10.9 Å². The molecule has 6 heteroatoms. The number of fused-ring (bicyclic) bond motifs is 1. The third-order valence-electron chi connectivity index (χ3n) is 2.95. The fourth-order valence-corrected chi connectivity index (χ4v) is 3.05. The summed E-state index contributed by atoms with van der Waals surface area (Å²) in [5.74, 6) is 1.66. The second kappa shape index (κ2) is 5.99. The standard InChI is InChI=1S/C15H14BrN3OS/c1-3-20-10-4-5-12-13(7-10)21-15(18-12)19-14-6-9(2)11(16)8-17-14/h4-8H,3H2,1-2H3,(H,17,18,19). The summed E-state index contributed by atoms with van der Waals surface area (Å²) in [6.45, 7) is 4.67. The van der Waals surface area contributed by atoms with Gasteiger partial charge in [-0.3, -0.25) is 0 Å². The van der Waals surface area contributed by atoms with Crippen LogP contribution in [0, 0.1) is 6.92 Å². The van der Waals surface area contributed by atoms with Crippen molar-refractivity contribution < 1.29 is 4.74 Å². The van der Waals surface area contributed by atoms with Crippen LogP contribution in [0.15, 0.2) is 34.9 Å². The summed E-state index contributed by atoms with van der Waals surface area (Å²) in [6, 6.07) is 7.92. The first-order chi connectivity index (χ1) is 10.2. The number of thiazole rings is 1. The minimum absolute atomic E-state index is 0.664. The fraction of sp³-hybridized carbons (Fsp3) is 0.200. The highest BCUT2D eigenvalue weighted by Crippen LogP contribution is 2.31. The Bertz CT molecular complexity index is 788. The Balaban J connectivity index is 1.88. The second-order valence-electron chi connectivity index (χ2n) is 4.53. The lowest BCUT2D eigenvalue weighted by atomic mass is 10.3. The monoisotopic (exact) mass is 363 g/mol. The Morgan fingerprint density at radius 3 is 2.95 bits per heavy atom. The largest absolute Gasteiger partial charge is 0.494 e. The van der Waals surface area contributed by atoms with Crippen molar-refractivity contribution in [3.8, 4) is 5.75 Å². The Hall–Kier alpha value is -1.66. The van der Waals surface area contributed by atoms with Crippen LogP contribution >= 0.6 is 27.3 Å². The SMILES string of the molecule is CCOc1ccc2nc(Nc3cc(C)c(Br)cn3)sc2c1. The molecule has 1 aromatic carbocycles. The zero-order chi connectivity index (χ0) is 14.8. The molecule has 0 bridgehead atoms. The molecule has 0 saturated heterocycles. The maximum atomic E-state index is 5.51. The maximum absolute atomic E-state index is 5.51. The highest BCUT2D eigenvalue weighted by molar-refractivity contribution is 9.10. The van der Waals surface area contributed by atoms with Gasteiger partial charge in [0.2, 0.25) is 0 Å². The molecule has 3 rings (SSSR count). The van der Waals surface area contributed by atoms with Gasteiger partial charge in [-0.1, -0.05) is 11.3 Å².